The molecule has 0 atom stereocenters. The lowest BCUT2D eigenvalue weighted by Crippen LogP contribution is -2.13. The van der Waals surface area contributed by atoms with E-state index < -0.39 is 0 Å². The number of rotatable bonds is 5. The predicted octanol–water partition coefficient (Wildman–Crippen LogP) is 3.78. The fraction of sp³-hybridized carbons (Fsp3) is 0.200. The topological polar surface area (TPSA) is 21.3 Å². The van der Waals surface area contributed by atoms with E-state index in [1.54, 1.807) is 19.2 Å². The number of hydrogen-bond acceptors (Lipinski definition) is 2. The molecule has 0 saturated carbocycles. The van der Waals surface area contributed by atoms with E-state index in [0.717, 1.165) is 16.9 Å². The van der Waals surface area contributed by atoms with Crippen molar-refractivity contribution in [2.24, 2.45) is 0 Å². The third-order valence-electron chi connectivity index (χ3n) is 2.78. The number of methoxy groups -OCH3 is 1. The van der Waals surface area contributed by atoms with Crippen LogP contribution in [0.2, 0.25) is 5.02 Å². The Balaban J connectivity index is 1.97. The maximum atomic E-state index is 13.0. The molecule has 0 spiro atoms. The number of nitrogens with one attached hydrogen (secondary N) is 1. The van der Waals surface area contributed by atoms with Crippen molar-refractivity contribution >= 4 is 11.6 Å². The van der Waals surface area contributed by atoms with Crippen LogP contribution in [0, 0.1) is 5.82 Å². The quantitative estimate of drug-likeness (QED) is 0.899. The summed E-state index contributed by atoms with van der Waals surface area (Å²) in [6, 6.07) is 12.0. The Labute approximate surface area is 117 Å². The fourth-order valence-corrected chi connectivity index (χ4v) is 2.07. The van der Waals surface area contributed by atoms with Gasteiger partial charge in [-0.3, -0.25) is 0 Å². The van der Waals surface area contributed by atoms with Crippen molar-refractivity contribution in [1.29, 1.82) is 0 Å². The summed E-state index contributed by atoms with van der Waals surface area (Å²) in [6.45, 7) is 1.20. The molecule has 4 heteroatoms. The summed E-state index contributed by atoms with van der Waals surface area (Å²) in [5.41, 5.74) is 1.88. The van der Waals surface area contributed by atoms with Crippen molar-refractivity contribution in [2.75, 3.05) is 7.11 Å². The summed E-state index contributed by atoms with van der Waals surface area (Å²) >= 11 is 5.96. The molecule has 0 radical (unpaired) electrons. The maximum Gasteiger partial charge on any atom is 0.123 e. The summed E-state index contributed by atoms with van der Waals surface area (Å²) in [6.07, 6.45) is 0. The summed E-state index contributed by atoms with van der Waals surface area (Å²) in [4.78, 5) is 0. The molecule has 19 heavy (non-hydrogen) atoms. The van der Waals surface area contributed by atoms with Gasteiger partial charge in [0.2, 0.25) is 0 Å². The first-order valence-corrected chi connectivity index (χ1v) is 6.34. The maximum absolute atomic E-state index is 13.0. The summed E-state index contributed by atoms with van der Waals surface area (Å²) in [7, 11) is 1.62. The molecule has 2 aromatic carbocycles. The number of ether oxygens (including phenoxy) is 1. The lowest BCUT2D eigenvalue weighted by atomic mass is 10.2. The van der Waals surface area contributed by atoms with Crippen LogP contribution in [0.5, 0.6) is 5.75 Å². The van der Waals surface area contributed by atoms with Gasteiger partial charge < -0.3 is 10.1 Å². The Hall–Kier alpha value is -1.58. The van der Waals surface area contributed by atoms with E-state index in [1.807, 2.05) is 18.2 Å². The average Bonchev–Trinajstić information content (AvgIpc) is 2.39. The predicted molar refractivity (Wildman–Crippen MR) is 74.9 cm³/mol. The normalized spacial score (nSPS) is 10.5. The number of benzene rings is 2. The highest BCUT2D eigenvalue weighted by atomic mass is 35.5. The number of hydrogen-bond donors (Lipinski definition) is 1. The molecule has 1 N–H and O–H groups in total. The first kappa shape index (κ1) is 13.8. The van der Waals surface area contributed by atoms with Crippen molar-refractivity contribution in [3.63, 3.8) is 0 Å². The van der Waals surface area contributed by atoms with Gasteiger partial charge in [0.15, 0.2) is 0 Å². The Kier molecular flexibility index (Phi) is 4.77. The van der Waals surface area contributed by atoms with Gasteiger partial charge >= 0.3 is 0 Å². The Morgan fingerprint density at radius 1 is 1.16 bits per heavy atom. The van der Waals surface area contributed by atoms with Gasteiger partial charge in [0.1, 0.15) is 11.6 Å². The molecule has 0 unspecified atom stereocenters. The molecular weight excluding hydrogens is 265 g/mol. The van der Waals surface area contributed by atoms with Crippen molar-refractivity contribution < 1.29 is 9.13 Å². The van der Waals surface area contributed by atoms with Crippen LogP contribution < -0.4 is 10.1 Å². The van der Waals surface area contributed by atoms with Gasteiger partial charge in [-0.2, -0.15) is 0 Å². The summed E-state index contributed by atoms with van der Waals surface area (Å²) in [5.74, 6) is 0.566. The first-order chi connectivity index (χ1) is 9.19. The summed E-state index contributed by atoms with van der Waals surface area (Å²) < 4.78 is 18.3. The van der Waals surface area contributed by atoms with E-state index >= 15 is 0 Å². The second-order valence-corrected chi connectivity index (χ2v) is 4.63. The van der Waals surface area contributed by atoms with E-state index in [2.05, 4.69) is 5.32 Å². The smallest absolute Gasteiger partial charge is 0.123 e. The third kappa shape index (κ3) is 3.94. The number of halogens is 2. The lowest BCUT2D eigenvalue weighted by Gasteiger charge is -2.10. The highest BCUT2D eigenvalue weighted by Crippen LogP contribution is 2.22. The molecule has 0 fully saturated rings. The van der Waals surface area contributed by atoms with Crippen LogP contribution in [0.4, 0.5) is 4.39 Å². The molecule has 2 rings (SSSR count). The van der Waals surface area contributed by atoms with Gasteiger partial charge in [-0.15, -0.1) is 0 Å². The molecule has 0 aromatic heterocycles. The molecule has 2 aromatic rings. The van der Waals surface area contributed by atoms with Gasteiger partial charge in [0.05, 0.1) is 7.11 Å². The van der Waals surface area contributed by atoms with Crippen LogP contribution in [0.25, 0.3) is 0 Å². The lowest BCUT2D eigenvalue weighted by molar-refractivity contribution is 0.407. The van der Waals surface area contributed by atoms with E-state index in [1.165, 1.54) is 12.1 Å². The zero-order valence-corrected chi connectivity index (χ0v) is 11.4. The van der Waals surface area contributed by atoms with Gasteiger partial charge in [-0.1, -0.05) is 23.7 Å². The molecule has 0 saturated heterocycles. The Morgan fingerprint density at radius 2 is 2.00 bits per heavy atom. The molecule has 0 aliphatic rings. The fourth-order valence-electron chi connectivity index (χ4n) is 1.87. The van der Waals surface area contributed by atoms with Gasteiger partial charge in [0.25, 0.3) is 0 Å². The molecule has 100 valence electrons. The molecule has 0 aliphatic carbocycles. The van der Waals surface area contributed by atoms with Crippen molar-refractivity contribution in [3.05, 3.63) is 64.4 Å². The van der Waals surface area contributed by atoms with Crippen LogP contribution in [0.15, 0.2) is 42.5 Å². The van der Waals surface area contributed by atoms with E-state index in [9.17, 15) is 4.39 Å². The average molecular weight is 280 g/mol. The molecule has 0 heterocycles. The second-order valence-electron chi connectivity index (χ2n) is 4.19. The second kappa shape index (κ2) is 6.55. The van der Waals surface area contributed by atoms with Gasteiger partial charge in [-0.25, -0.2) is 4.39 Å². The largest absolute Gasteiger partial charge is 0.496 e. The van der Waals surface area contributed by atoms with Gasteiger partial charge in [-0.05, 0) is 35.9 Å². The Bertz CT molecular complexity index is 560. The van der Waals surface area contributed by atoms with E-state index in [4.69, 9.17) is 16.3 Å². The molecule has 0 amide bonds. The standard InChI is InChI=1S/C15H15ClFNO/c1-19-15-6-5-13(16)8-12(15)10-18-9-11-3-2-4-14(17)7-11/h2-8,18H,9-10H2,1H3. The van der Waals surface area contributed by atoms with Crippen molar-refractivity contribution in [1.82, 2.24) is 5.32 Å². The minimum Gasteiger partial charge on any atom is -0.496 e. The highest BCUT2D eigenvalue weighted by Gasteiger charge is 2.03. The minimum atomic E-state index is -0.223. The van der Waals surface area contributed by atoms with Crippen LogP contribution in [-0.2, 0) is 13.1 Å². The SMILES string of the molecule is COc1ccc(Cl)cc1CNCc1cccc(F)c1. The molecule has 0 bridgehead atoms. The van der Waals surface area contributed by atoms with Crippen LogP contribution >= 0.6 is 11.6 Å². The highest BCUT2D eigenvalue weighted by molar-refractivity contribution is 6.30. The minimum absolute atomic E-state index is 0.223. The zero-order chi connectivity index (χ0) is 13.7. The Morgan fingerprint density at radius 3 is 2.74 bits per heavy atom. The zero-order valence-electron chi connectivity index (χ0n) is 10.6. The summed E-state index contributed by atoms with van der Waals surface area (Å²) in [5, 5.41) is 3.91. The molecule has 0 aliphatic heterocycles. The first-order valence-electron chi connectivity index (χ1n) is 5.96. The monoisotopic (exact) mass is 279 g/mol. The van der Waals surface area contributed by atoms with Crippen LogP contribution in [-0.4, -0.2) is 7.11 Å². The molecular formula is C15H15ClFNO. The van der Waals surface area contributed by atoms with E-state index in [0.29, 0.717) is 18.1 Å². The van der Waals surface area contributed by atoms with Gasteiger partial charge in [0, 0.05) is 23.7 Å². The van der Waals surface area contributed by atoms with Crippen molar-refractivity contribution in [2.45, 2.75) is 13.1 Å². The van der Waals surface area contributed by atoms with Crippen LogP contribution in [0.1, 0.15) is 11.1 Å². The third-order valence-corrected chi connectivity index (χ3v) is 3.01. The van der Waals surface area contributed by atoms with Crippen LogP contribution in [0.3, 0.4) is 0 Å². The van der Waals surface area contributed by atoms with E-state index in [-0.39, 0.29) is 5.82 Å². The molecule has 2 nitrogen and oxygen atoms in total. The van der Waals surface area contributed by atoms with Crippen molar-refractivity contribution in [3.8, 4) is 5.75 Å².